The molecule has 0 unspecified atom stereocenters. The second-order valence-corrected chi connectivity index (χ2v) is 6.56. The molecular formula is C22H21NO5. The molecular weight excluding hydrogens is 358 g/mol. The number of allylic oxidation sites excluding steroid dienone is 1. The highest BCUT2D eigenvalue weighted by molar-refractivity contribution is 5.96. The van der Waals surface area contributed by atoms with E-state index in [1.54, 1.807) is 42.6 Å². The molecule has 6 heteroatoms. The second kappa shape index (κ2) is 8.43. The van der Waals surface area contributed by atoms with Crippen molar-refractivity contribution in [3.05, 3.63) is 65.9 Å². The SMILES string of the molecule is COC(=O)[C@@H](CC(=O)/C=C/c1ccc(O)cc1)Cc1c[nH]c2ccc(O)cc12. The topological polar surface area (TPSA) is 99.6 Å². The van der Waals surface area contributed by atoms with Crippen molar-refractivity contribution >= 4 is 28.7 Å². The van der Waals surface area contributed by atoms with Gasteiger partial charge in [0.15, 0.2) is 5.78 Å². The maximum absolute atomic E-state index is 12.4. The van der Waals surface area contributed by atoms with Gasteiger partial charge in [0, 0.05) is 23.5 Å². The van der Waals surface area contributed by atoms with E-state index in [0.717, 1.165) is 22.0 Å². The highest BCUT2D eigenvalue weighted by Crippen LogP contribution is 2.26. The molecule has 0 aliphatic rings. The standard InChI is InChI=1S/C22H21NO5/c1-28-22(27)15(10-16-13-23-21-9-8-19(26)12-20(16)21)11-18(25)7-4-14-2-5-17(24)6-3-14/h2-9,12-13,15,23-24,26H,10-11H2,1H3/b7-4+/t15-/m1/s1. The van der Waals surface area contributed by atoms with Gasteiger partial charge in [0.25, 0.3) is 0 Å². The Morgan fingerprint density at radius 1 is 1.11 bits per heavy atom. The number of H-pyrrole nitrogens is 1. The van der Waals surface area contributed by atoms with Crippen LogP contribution in [0.1, 0.15) is 17.5 Å². The summed E-state index contributed by atoms with van der Waals surface area (Å²) in [7, 11) is 1.30. The predicted octanol–water partition coefficient (Wildman–Crippen LogP) is 3.58. The number of carbonyl (C=O) groups is 2. The number of ether oxygens (including phenoxy) is 1. The fourth-order valence-corrected chi connectivity index (χ4v) is 3.09. The van der Waals surface area contributed by atoms with E-state index in [0.29, 0.717) is 6.42 Å². The van der Waals surface area contributed by atoms with Crippen LogP contribution in [0.3, 0.4) is 0 Å². The molecule has 28 heavy (non-hydrogen) atoms. The number of hydrogen-bond acceptors (Lipinski definition) is 5. The number of fused-ring (bicyclic) bond motifs is 1. The van der Waals surface area contributed by atoms with E-state index in [2.05, 4.69) is 4.98 Å². The predicted molar refractivity (Wildman–Crippen MR) is 106 cm³/mol. The third-order valence-electron chi connectivity index (χ3n) is 4.55. The van der Waals surface area contributed by atoms with Crippen molar-refractivity contribution in [2.45, 2.75) is 12.8 Å². The van der Waals surface area contributed by atoms with Crippen LogP contribution in [0.25, 0.3) is 17.0 Å². The number of nitrogens with one attached hydrogen (secondary N) is 1. The molecule has 6 nitrogen and oxygen atoms in total. The first-order chi connectivity index (χ1) is 13.5. The molecule has 0 bridgehead atoms. The molecule has 0 radical (unpaired) electrons. The zero-order valence-electron chi connectivity index (χ0n) is 15.4. The number of phenolic OH excluding ortho intramolecular Hbond substituents is 2. The third-order valence-corrected chi connectivity index (χ3v) is 4.55. The van der Waals surface area contributed by atoms with Gasteiger partial charge in [-0.1, -0.05) is 18.2 Å². The summed E-state index contributed by atoms with van der Waals surface area (Å²) in [5.41, 5.74) is 2.44. The van der Waals surface area contributed by atoms with Crippen molar-refractivity contribution in [1.29, 1.82) is 0 Å². The normalized spacial score (nSPS) is 12.3. The molecule has 0 fully saturated rings. The van der Waals surface area contributed by atoms with Gasteiger partial charge >= 0.3 is 5.97 Å². The summed E-state index contributed by atoms with van der Waals surface area (Å²) in [6, 6.07) is 11.4. The molecule has 3 N–H and O–H groups in total. The average molecular weight is 379 g/mol. The van der Waals surface area contributed by atoms with Gasteiger partial charge in [0.1, 0.15) is 11.5 Å². The Labute approximate surface area is 162 Å². The Morgan fingerprint density at radius 2 is 1.82 bits per heavy atom. The summed E-state index contributed by atoms with van der Waals surface area (Å²) in [5.74, 6) is -1.01. The van der Waals surface area contributed by atoms with Gasteiger partial charge in [-0.15, -0.1) is 0 Å². The number of benzene rings is 2. The minimum atomic E-state index is -0.636. The number of phenols is 2. The minimum absolute atomic E-state index is 0.00669. The van der Waals surface area contributed by atoms with Crippen LogP contribution in [0.4, 0.5) is 0 Å². The summed E-state index contributed by atoms with van der Waals surface area (Å²) in [6.45, 7) is 0. The van der Waals surface area contributed by atoms with Crippen LogP contribution in [-0.2, 0) is 20.7 Å². The molecule has 0 amide bonds. The molecule has 0 aliphatic carbocycles. The van der Waals surface area contributed by atoms with Crippen LogP contribution in [0.15, 0.2) is 54.7 Å². The van der Waals surface area contributed by atoms with Gasteiger partial charge in [-0.25, -0.2) is 0 Å². The summed E-state index contributed by atoms with van der Waals surface area (Å²) in [4.78, 5) is 27.7. The number of ketones is 1. The van der Waals surface area contributed by atoms with Crippen molar-refractivity contribution < 1.29 is 24.5 Å². The maximum Gasteiger partial charge on any atom is 0.309 e. The smallest absolute Gasteiger partial charge is 0.309 e. The third kappa shape index (κ3) is 4.59. The van der Waals surface area contributed by atoms with Crippen molar-refractivity contribution in [1.82, 2.24) is 4.98 Å². The van der Waals surface area contributed by atoms with Crippen LogP contribution in [0, 0.1) is 5.92 Å². The number of aromatic amines is 1. The van der Waals surface area contributed by atoms with E-state index < -0.39 is 11.9 Å². The molecule has 3 aromatic rings. The summed E-state index contributed by atoms with van der Waals surface area (Å²) in [5, 5.41) is 19.8. The minimum Gasteiger partial charge on any atom is -0.508 e. The van der Waals surface area contributed by atoms with Crippen molar-refractivity contribution in [3.63, 3.8) is 0 Å². The highest BCUT2D eigenvalue weighted by Gasteiger charge is 2.23. The van der Waals surface area contributed by atoms with E-state index in [1.807, 2.05) is 0 Å². The summed E-state index contributed by atoms with van der Waals surface area (Å²) in [6.07, 6.45) is 5.15. The summed E-state index contributed by atoms with van der Waals surface area (Å²) >= 11 is 0. The van der Waals surface area contributed by atoms with Crippen LogP contribution in [0.5, 0.6) is 11.5 Å². The van der Waals surface area contributed by atoms with Gasteiger partial charge in [0.2, 0.25) is 0 Å². The van der Waals surface area contributed by atoms with Gasteiger partial charge in [-0.3, -0.25) is 9.59 Å². The molecule has 2 aromatic carbocycles. The molecule has 0 saturated heterocycles. The molecule has 0 saturated carbocycles. The van der Waals surface area contributed by atoms with E-state index in [-0.39, 0.29) is 23.7 Å². The van der Waals surface area contributed by atoms with E-state index in [9.17, 15) is 19.8 Å². The zero-order valence-corrected chi connectivity index (χ0v) is 15.4. The number of carbonyl (C=O) groups excluding carboxylic acids is 2. The van der Waals surface area contributed by atoms with E-state index >= 15 is 0 Å². The number of rotatable bonds is 7. The van der Waals surface area contributed by atoms with Gasteiger partial charge < -0.3 is 19.9 Å². The molecule has 3 rings (SSSR count). The molecule has 1 atom stereocenters. The Bertz CT molecular complexity index is 1020. The molecule has 1 heterocycles. The first kappa shape index (κ1) is 19.2. The number of aromatic nitrogens is 1. The first-order valence-corrected chi connectivity index (χ1v) is 8.83. The van der Waals surface area contributed by atoms with E-state index in [1.165, 1.54) is 25.3 Å². The second-order valence-electron chi connectivity index (χ2n) is 6.56. The number of hydrogen-bond donors (Lipinski definition) is 3. The number of esters is 1. The van der Waals surface area contributed by atoms with Crippen molar-refractivity contribution in [2.24, 2.45) is 5.92 Å². The lowest BCUT2D eigenvalue weighted by Gasteiger charge is -2.12. The van der Waals surface area contributed by atoms with Crippen LogP contribution in [0.2, 0.25) is 0 Å². The average Bonchev–Trinajstić information content (AvgIpc) is 3.08. The van der Waals surface area contributed by atoms with Crippen LogP contribution < -0.4 is 0 Å². The van der Waals surface area contributed by atoms with Crippen LogP contribution in [-0.4, -0.2) is 34.1 Å². The monoisotopic (exact) mass is 379 g/mol. The van der Waals surface area contributed by atoms with Crippen LogP contribution >= 0.6 is 0 Å². The maximum atomic E-state index is 12.4. The van der Waals surface area contributed by atoms with Crippen molar-refractivity contribution in [3.8, 4) is 11.5 Å². The summed E-state index contributed by atoms with van der Waals surface area (Å²) < 4.78 is 4.87. The van der Waals surface area contributed by atoms with Gasteiger partial charge in [-0.05, 0) is 54.0 Å². The zero-order chi connectivity index (χ0) is 20.1. The first-order valence-electron chi connectivity index (χ1n) is 8.83. The number of aromatic hydroxyl groups is 2. The lowest BCUT2D eigenvalue weighted by Crippen LogP contribution is -2.21. The Kier molecular flexibility index (Phi) is 5.79. The fraction of sp³-hybridized carbons (Fsp3) is 0.182. The number of methoxy groups -OCH3 is 1. The molecule has 0 aliphatic heterocycles. The van der Waals surface area contributed by atoms with E-state index in [4.69, 9.17) is 4.74 Å². The van der Waals surface area contributed by atoms with Gasteiger partial charge in [-0.2, -0.15) is 0 Å². The Morgan fingerprint density at radius 3 is 2.54 bits per heavy atom. The largest absolute Gasteiger partial charge is 0.508 e. The molecule has 1 aromatic heterocycles. The Hall–Kier alpha value is -3.54. The van der Waals surface area contributed by atoms with Gasteiger partial charge in [0.05, 0.1) is 13.0 Å². The highest BCUT2D eigenvalue weighted by atomic mass is 16.5. The molecule has 0 spiro atoms. The fourth-order valence-electron chi connectivity index (χ4n) is 3.09. The quantitative estimate of drug-likeness (QED) is 0.430. The lowest BCUT2D eigenvalue weighted by molar-refractivity contribution is -0.146. The lowest BCUT2D eigenvalue weighted by atomic mass is 9.93. The Balaban J connectivity index is 1.74. The van der Waals surface area contributed by atoms with Crippen molar-refractivity contribution in [2.75, 3.05) is 7.11 Å². The molecule has 144 valence electrons.